The van der Waals surface area contributed by atoms with Crippen molar-refractivity contribution in [2.24, 2.45) is 0 Å². The van der Waals surface area contributed by atoms with Gasteiger partial charge in [-0.1, -0.05) is 13.8 Å². The molecule has 3 nitrogen and oxygen atoms in total. The molecule has 0 aromatic heterocycles. The van der Waals surface area contributed by atoms with Gasteiger partial charge in [0.1, 0.15) is 0 Å². The van der Waals surface area contributed by atoms with E-state index in [9.17, 15) is 4.79 Å². The molecule has 0 aromatic rings. The van der Waals surface area contributed by atoms with E-state index in [0.29, 0.717) is 0 Å². The SMILES string of the molecule is CCN(CC)CCNC=O.Cl. The first-order chi connectivity index (χ1) is 4.85. The molecule has 1 amide bonds. The highest BCUT2D eigenvalue weighted by Gasteiger charge is 1.95. The minimum absolute atomic E-state index is 0. The molecule has 0 atom stereocenters. The Hall–Kier alpha value is -0.280. The van der Waals surface area contributed by atoms with Gasteiger partial charge >= 0.3 is 0 Å². The van der Waals surface area contributed by atoms with E-state index in [0.717, 1.165) is 32.6 Å². The Bertz CT molecular complexity index is 86.5. The Kier molecular flexibility index (Phi) is 11.8. The lowest BCUT2D eigenvalue weighted by atomic mass is 10.5. The number of hydrogen-bond acceptors (Lipinski definition) is 2. The summed E-state index contributed by atoms with van der Waals surface area (Å²) in [6.45, 7) is 8.04. The molecule has 0 rings (SSSR count). The van der Waals surface area contributed by atoms with Crippen LogP contribution in [0.2, 0.25) is 0 Å². The molecule has 4 heteroatoms. The average Bonchev–Trinajstić information content (AvgIpc) is 1.99. The molecular formula is C7H17ClN2O. The smallest absolute Gasteiger partial charge is 0.207 e. The zero-order valence-corrected chi connectivity index (χ0v) is 7.99. The Labute approximate surface area is 74.6 Å². The third-order valence-electron chi connectivity index (χ3n) is 1.55. The van der Waals surface area contributed by atoms with Crippen molar-refractivity contribution in [1.29, 1.82) is 0 Å². The third-order valence-corrected chi connectivity index (χ3v) is 1.55. The van der Waals surface area contributed by atoms with E-state index >= 15 is 0 Å². The van der Waals surface area contributed by atoms with Gasteiger partial charge in [0.2, 0.25) is 6.41 Å². The predicted octanol–water partition coefficient (Wildman–Crippen LogP) is 0.496. The molecule has 0 aromatic carbocycles. The van der Waals surface area contributed by atoms with Gasteiger partial charge in [-0.25, -0.2) is 0 Å². The van der Waals surface area contributed by atoms with Gasteiger partial charge in [0.25, 0.3) is 0 Å². The van der Waals surface area contributed by atoms with E-state index in [-0.39, 0.29) is 12.4 Å². The van der Waals surface area contributed by atoms with Crippen molar-refractivity contribution in [3.8, 4) is 0 Å². The number of nitrogens with zero attached hydrogens (tertiary/aromatic N) is 1. The fourth-order valence-corrected chi connectivity index (χ4v) is 0.821. The van der Waals surface area contributed by atoms with Crippen LogP contribution in [0.1, 0.15) is 13.8 Å². The molecule has 0 bridgehead atoms. The molecule has 0 aliphatic carbocycles. The van der Waals surface area contributed by atoms with E-state index in [4.69, 9.17) is 0 Å². The second-order valence-corrected chi connectivity index (χ2v) is 2.10. The second-order valence-electron chi connectivity index (χ2n) is 2.10. The van der Waals surface area contributed by atoms with E-state index in [1.807, 2.05) is 0 Å². The van der Waals surface area contributed by atoms with Gasteiger partial charge in [-0.2, -0.15) is 0 Å². The van der Waals surface area contributed by atoms with Crippen LogP contribution in [0.3, 0.4) is 0 Å². The first-order valence-electron chi connectivity index (χ1n) is 3.74. The molecule has 68 valence electrons. The van der Waals surface area contributed by atoms with Crippen LogP contribution in [0.25, 0.3) is 0 Å². The lowest BCUT2D eigenvalue weighted by molar-refractivity contribution is -0.109. The number of carbonyl (C=O) groups excluding carboxylic acids is 1. The Balaban J connectivity index is 0. The number of carbonyl (C=O) groups is 1. The number of halogens is 1. The summed E-state index contributed by atoms with van der Waals surface area (Å²) in [7, 11) is 0. The van der Waals surface area contributed by atoms with Gasteiger partial charge in [0, 0.05) is 13.1 Å². The van der Waals surface area contributed by atoms with E-state index < -0.39 is 0 Å². The standard InChI is InChI=1S/C7H16N2O.ClH/c1-3-9(4-2)6-5-8-7-10;/h7H,3-6H2,1-2H3,(H,8,10);1H. The summed E-state index contributed by atoms with van der Waals surface area (Å²) in [5.41, 5.74) is 0. The van der Waals surface area contributed by atoms with Crippen molar-refractivity contribution in [3.63, 3.8) is 0 Å². The lowest BCUT2D eigenvalue weighted by Gasteiger charge is -2.16. The maximum Gasteiger partial charge on any atom is 0.207 e. The normalized spacial score (nSPS) is 9.00. The number of nitrogens with one attached hydrogen (secondary N) is 1. The highest BCUT2D eigenvalue weighted by atomic mass is 35.5. The Morgan fingerprint density at radius 2 is 1.91 bits per heavy atom. The quantitative estimate of drug-likeness (QED) is 0.477. The highest BCUT2D eigenvalue weighted by molar-refractivity contribution is 5.85. The minimum atomic E-state index is 0. The van der Waals surface area contributed by atoms with Crippen molar-refractivity contribution in [1.82, 2.24) is 10.2 Å². The fraction of sp³-hybridized carbons (Fsp3) is 0.857. The zero-order chi connectivity index (χ0) is 7.82. The lowest BCUT2D eigenvalue weighted by Crippen LogP contribution is -2.31. The largest absolute Gasteiger partial charge is 0.357 e. The van der Waals surface area contributed by atoms with Crippen molar-refractivity contribution in [3.05, 3.63) is 0 Å². The average molecular weight is 181 g/mol. The van der Waals surface area contributed by atoms with E-state index in [2.05, 4.69) is 24.1 Å². The maximum atomic E-state index is 9.83. The molecule has 0 saturated heterocycles. The van der Waals surface area contributed by atoms with E-state index in [1.54, 1.807) is 0 Å². The summed E-state index contributed by atoms with van der Waals surface area (Å²) in [6, 6.07) is 0. The van der Waals surface area contributed by atoms with Gasteiger partial charge in [-0.3, -0.25) is 4.79 Å². The number of hydrogen-bond donors (Lipinski definition) is 1. The van der Waals surface area contributed by atoms with Crippen LogP contribution in [0.4, 0.5) is 0 Å². The summed E-state index contributed by atoms with van der Waals surface area (Å²) in [5.74, 6) is 0. The predicted molar refractivity (Wildman–Crippen MR) is 49.1 cm³/mol. The van der Waals surface area contributed by atoms with Crippen LogP contribution < -0.4 is 5.32 Å². The summed E-state index contributed by atoms with van der Waals surface area (Å²) in [6.07, 6.45) is 0.740. The molecule has 0 unspecified atom stereocenters. The van der Waals surface area contributed by atoms with Crippen molar-refractivity contribution in [2.45, 2.75) is 13.8 Å². The topological polar surface area (TPSA) is 32.3 Å². The first-order valence-corrected chi connectivity index (χ1v) is 3.74. The molecule has 0 saturated carbocycles. The van der Waals surface area contributed by atoms with Crippen LogP contribution in [-0.4, -0.2) is 37.5 Å². The maximum absolute atomic E-state index is 9.83. The van der Waals surface area contributed by atoms with E-state index in [1.165, 1.54) is 0 Å². The molecule has 1 N–H and O–H groups in total. The molecular weight excluding hydrogens is 164 g/mol. The summed E-state index contributed by atoms with van der Waals surface area (Å²) in [4.78, 5) is 12.1. The Morgan fingerprint density at radius 1 is 1.36 bits per heavy atom. The molecule has 0 aliphatic heterocycles. The molecule has 0 fully saturated rings. The third kappa shape index (κ3) is 7.62. The second kappa shape index (κ2) is 9.72. The van der Waals surface area contributed by atoms with Crippen molar-refractivity contribution >= 4 is 18.8 Å². The first kappa shape index (κ1) is 13.3. The van der Waals surface area contributed by atoms with Gasteiger partial charge in [0.15, 0.2) is 0 Å². The van der Waals surface area contributed by atoms with Crippen LogP contribution in [-0.2, 0) is 4.79 Å². The Morgan fingerprint density at radius 3 is 2.27 bits per heavy atom. The number of likely N-dealkylation sites (N-methyl/N-ethyl adjacent to an activating group) is 1. The minimum Gasteiger partial charge on any atom is -0.357 e. The molecule has 0 aliphatic rings. The number of rotatable bonds is 6. The van der Waals surface area contributed by atoms with Gasteiger partial charge in [0.05, 0.1) is 0 Å². The summed E-state index contributed by atoms with van der Waals surface area (Å²) in [5, 5.41) is 2.63. The summed E-state index contributed by atoms with van der Waals surface area (Å²) < 4.78 is 0. The van der Waals surface area contributed by atoms with Crippen molar-refractivity contribution in [2.75, 3.05) is 26.2 Å². The molecule has 0 heterocycles. The van der Waals surface area contributed by atoms with Crippen LogP contribution in [0.5, 0.6) is 0 Å². The van der Waals surface area contributed by atoms with Crippen molar-refractivity contribution < 1.29 is 4.79 Å². The van der Waals surface area contributed by atoms with Gasteiger partial charge in [-0.15, -0.1) is 12.4 Å². The summed E-state index contributed by atoms with van der Waals surface area (Å²) >= 11 is 0. The van der Waals surface area contributed by atoms with Crippen LogP contribution >= 0.6 is 12.4 Å². The van der Waals surface area contributed by atoms with Gasteiger partial charge in [-0.05, 0) is 13.1 Å². The van der Waals surface area contributed by atoms with Gasteiger partial charge < -0.3 is 10.2 Å². The molecule has 0 radical (unpaired) electrons. The molecule has 0 spiro atoms. The highest BCUT2D eigenvalue weighted by Crippen LogP contribution is 1.82. The fourth-order valence-electron chi connectivity index (χ4n) is 0.821. The van der Waals surface area contributed by atoms with Crippen LogP contribution in [0, 0.1) is 0 Å². The monoisotopic (exact) mass is 180 g/mol. The zero-order valence-electron chi connectivity index (χ0n) is 7.17. The molecule has 11 heavy (non-hydrogen) atoms. The number of amides is 1. The van der Waals surface area contributed by atoms with Crippen LogP contribution in [0.15, 0.2) is 0 Å².